The first-order valence-corrected chi connectivity index (χ1v) is 11.4. The van der Waals surface area contributed by atoms with Gasteiger partial charge < -0.3 is 15.0 Å². The van der Waals surface area contributed by atoms with E-state index in [0.717, 1.165) is 15.6 Å². The molecule has 0 aliphatic carbocycles. The van der Waals surface area contributed by atoms with E-state index in [1.165, 1.54) is 4.90 Å². The van der Waals surface area contributed by atoms with Crippen molar-refractivity contribution in [2.45, 2.75) is 52.7 Å². The van der Waals surface area contributed by atoms with Gasteiger partial charge in [-0.15, -0.1) is 0 Å². The minimum Gasteiger partial charge on any atom is -0.484 e. The van der Waals surface area contributed by atoms with Gasteiger partial charge in [-0.1, -0.05) is 45.2 Å². The summed E-state index contributed by atoms with van der Waals surface area (Å²) in [6, 6.07) is 9.92. The maximum absolute atomic E-state index is 13.1. The zero-order valence-electron chi connectivity index (χ0n) is 18.3. The third-order valence-electron chi connectivity index (χ3n) is 4.49. The fraction of sp³-hybridized carbons (Fsp3) is 0.391. The first kappa shape index (κ1) is 25.5. The standard InChI is InChI=1S/C23H27BrCl2N2O3/c1-14-10-17(7-8-18(14)24)31-13-21(29)28(15(2)22(30)27-23(3,4)5)12-16-6-9-19(25)20(26)11-16/h6-11,15H,12-13H2,1-5H3,(H,27,30)/t15-/m0/s1. The first-order chi connectivity index (χ1) is 14.4. The van der Waals surface area contributed by atoms with Crippen molar-refractivity contribution in [3.63, 3.8) is 0 Å². The summed E-state index contributed by atoms with van der Waals surface area (Å²) in [5.74, 6) is 0.0129. The number of rotatable bonds is 7. The average Bonchev–Trinajstić information content (AvgIpc) is 2.67. The smallest absolute Gasteiger partial charge is 0.261 e. The minimum atomic E-state index is -0.712. The van der Waals surface area contributed by atoms with Gasteiger partial charge in [-0.25, -0.2) is 0 Å². The fourth-order valence-electron chi connectivity index (χ4n) is 2.83. The Labute approximate surface area is 202 Å². The van der Waals surface area contributed by atoms with Crippen LogP contribution >= 0.6 is 39.1 Å². The maximum Gasteiger partial charge on any atom is 0.261 e. The largest absolute Gasteiger partial charge is 0.484 e. The van der Waals surface area contributed by atoms with Crippen molar-refractivity contribution in [2.24, 2.45) is 0 Å². The Kier molecular flexibility index (Phi) is 8.81. The Bertz CT molecular complexity index is 960. The molecule has 0 aromatic heterocycles. The molecule has 31 heavy (non-hydrogen) atoms. The van der Waals surface area contributed by atoms with Crippen molar-refractivity contribution in [1.29, 1.82) is 0 Å². The Morgan fingerprint density at radius 3 is 2.39 bits per heavy atom. The van der Waals surface area contributed by atoms with Crippen LogP contribution in [0.4, 0.5) is 0 Å². The molecule has 0 heterocycles. The maximum atomic E-state index is 13.1. The van der Waals surface area contributed by atoms with Gasteiger partial charge in [-0.3, -0.25) is 9.59 Å². The van der Waals surface area contributed by atoms with Gasteiger partial charge in [0.05, 0.1) is 10.0 Å². The molecule has 168 valence electrons. The van der Waals surface area contributed by atoms with E-state index in [0.29, 0.717) is 15.8 Å². The number of hydrogen-bond donors (Lipinski definition) is 1. The predicted molar refractivity (Wildman–Crippen MR) is 129 cm³/mol. The molecular formula is C23H27BrCl2N2O3. The second kappa shape index (κ2) is 10.7. The molecule has 0 bridgehead atoms. The van der Waals surface area contributed by atoms with Gasteiger partial charge in [0.1, 0.15) is 11.8 Å². The normalized spacial score (nSPS) is 12.3. The van der Waals surface area contributed by atoms with Crippen LogP contribution in [0.15, 0.2) is 40.9 Å². The number of halogens is 3. The van der Waals surface area contributed by atoms with E-state index < -0.39 is 11.6 Å². The van der Waals surface area contributed by atoms with Crippen molar-refractivity contribution in [1.82, 2.24) is 10.2 Å². The molecule has 2 rings (SSSR count). The van der Waals surface area contributed by atoms with E-state index in [9.17, 15) is 9.59 Å². The molecule has 5 nitrogen and oxygen atoms in total. The zero-order valence-corrected chi connectivity index (χ0v) is 21.4. The van der Waals surface area contributed by atoms with Gasteiger partial charge in [0.25, 0.3) is 5.91 Å². The number of carbonyl (C=O) groups is 2. The van der Waals surface area contributed by atoms with Gasteiger partial charge in [0.2, 0.25) is 5.91 Å². The molecule has 0 spiro atoms. The predicted octanol–water partition coefficient (Wildman–Crippen LogP) is 5.78. The van der Waals surface area contributed by atoms with Crippen LogP contribution in [0.3, 0.4) is 0 Å². The number of aryl methyl sites for hydroxylation is 1. The number of nitrogens with one attached hydrogen (secondary N) is 1. The molecular weight excluding hydrogens is 503 g/mol. The Balaban J connectivity index is 2.21. The third kappa shape index (κ3) is 7.70. The Hall–Kier alpha value is -1.76. The highest BCUT2D eigenvalue weighted by atomic mass is 79.9. The van der Waals surface area contributed by atoms with E-state index in [4.69, 9.17) is 27.9 Å². The quantitative estimate of drug-likeness (QED) is 0.495. The van der Waals surface area contributed by atoms with Crippen LogP contribution in [-0.4, -0.2) is 34.9 Å². The van der Waals surface area contributed by atoms with Gasteiger partial charge in [-0.05, 0) is 76.1 Å². The molecule has 0 aliphatic rings. The fourth-order valence-corrected chi connectivity index (χ4v) is 3.39. The molecule has 0 saturated heterocycles. The van der Waals surface area contributed by atoms with Crippen molar-refractivity contribution >= 4 is 50.9 Å². The minimum absolute atomic E-state index is 0.192. The van der Waals surface area contributed by atoms with E-state index in [1.807, 2.05) is 39.8 Å². The van der Waals surface area contributed by atoms with E-state index in [-0.39, 0.29) is 25.0 Å². The Morgan fingerprint density at radius 2 is 1.81 bits per heavy atom. The molecule has 0 radical (unpaired) electrons. The van der Waals surface area contributed by atoms with Gasteiger partial charge >= 0.3 is 0 Å². The summed E-state index contributed by atoms with van der Waals surface area (Å²) in [5.41, 5.74) is 1.34. The highest BCUT2D eigenvalue weighted by Gasteiger charge is 2.28. The van der Waals surface area contributed by atoms with Crippen molar-refractivity contribution in [3.05, 3.63) is 62.0 Å². The van der Waals surface area contributed by atoms with E-state index in [2.05, 4.69) is 21.2 Å². The highest BCUT2D eigenvalue weighted by molar-refractivity contribution is 9.10. The van der Waals surface area contributed by atoms with Crippen LogP contribution in [0.25, 0.3) is 0 Å². The van der Waals surface area contributed by atoms with Crippen LogP contribution < -0.4 is 10.1 Å². The number of amides is 2. The zero-order chi connectivity index (χ0) is 23.3. The summed E-state index contributed by atoms with van der Waals surface area (Å²) in [6.07, 6.45) is 0. The van der Waals surface area contributed by atoms with E-state index in [1.54, 1.807) is 31.2 Å². The number of carbonyl (C=O) groups excluding carboxylic acids is 2. The first-order valence-electron chi connectivity index (χ1n) is 9.82. The molecule has 8 heteroatoms. The average molecular weight is 530 g/mol. The second-order valence-corrected chi connectivity index (χ2v) is 10.1. The number of ether oxygens (including phenoxy) is 1. The summed E-state index contributed by atoms with van der Waals surface area (Å²) < 4.78 is 6.66. The van der Waals surface area contributed by atoms with Crippen LogP contribution in [-0.2, 0) is 16.1 Å². The lowest BCUT2D eigenvalue weighted by Crippen LogP contribution is -2.53. The van der Waals surface area contributed by atoms with Crippen LogP contribution in [0, 0.1) is 6.92 Å². The lowest BCUT2D eigenvalue weighted by Gasteiger charge is -2.31. The Morgan fingerprint density at radius 1 is 1.13 bits per heavy atom. The summed E-state index contributed by atoms with van der Waals surface area (Å²) in [6.45, 7) is 9.30. The summed E-state index contributed by atoms with van der Waals surface area (Å²) in [4.78, 5) is 27.3. The lowest BCUT2D eigenvalue weighted by atomic mass is 10.1. The molecule has 1 N–H and O–H groups in total. The van der Waals surface area contributed by atoms with Crippen molar-refractivity contribution in [3.8, 4) is 5.75 Å². The van der Waals surface area contributed by atoms with Crippen LogP contribution in [0.2, 0.25) is 10.0 Å². The number of nitrogens with zero attached hydrogens (tertiary/aromatic N) is 1. The van der Waals surface area contributed by atoms with Crippen molar-refractivity contribution in [2.75, 3.05) is 6.61 Å². The molecule has 0 fully saturated rings. The molecule has 2 aromatic rings. The molecule has 0 unspecified atom stereocenters. The summed E-state index contributed by atoms with van der Waals surface area (Å²) in [5, 5.41) is 3.74. The number of hydrogen-bond acceptors (Lipinski definition) is 3. The molecule has 1 atom stereocenters. The third-order valence-corrected chi connectivity index (χ3v) is 6.12. The van der Waals surface area contributed by atoms with Gasteiger partial charge in [0.15, 0.2) is 6.61 Å². The van der Waals surface area contributed by atoms with Crippen LogP contribution in [0.5, 0.6) is 5.75 Å². The van der Waals surface area contributed by atoms with Gasteiger partial charge in [-0.2, -0.15) is 0 Å². The van der Waals surface area contributed by atoms with E-state index >= 15 is 0 Å². The summed E-state index contributed by atoms with van der Waals surface area (Å²) >= 11 is 15.6. The topological polar surface area (TPSA) is 58.6 Å². The molecule has 2 aromatic carbocycles. The second-order valence-electron chi connectivity index (χ2n) is 8.38. The molecule has 0 aliphatic heterocycles. The van der Waals surface area contributed by atoms with Crippen molar-refractivity contribution < 1.29 is 14.3 Å². The molecule has 2 amide bonds. The highest BCUT2D eigenvalue weighted by Crippen LogP contribution is 2.24. The molecule has 0 saturated carbocycles. The monoisotopic (exact) mass is 528 g/mol. The van der Waals surface area contributed by atoms with Crippen LogP contribution in [0.1, 0.15) is 38.8 Å². The number of benzene rings is 2. The SMILES string of the molecule is Cc1cc(OCC(=O)N(Cc2ccc(Cl)c(Cl)c2)[C@@H](C)C(=O)NC(C)(C)C)ccc1Br. The summed E-state index contributed by atoms with van der Waals surface area (Å²) in [7, 11) is 0. The lowest BCUT2D eigenvalue weighted by molar-refractivity contribution is -0.142. The van der Waals surface area contributed by atoms with Gasteiger partial charge in [0, 0.05) is 16.6 Å².